The zero-order valence-electron chi connectivity index (χ0n) is 9.64. The molecule has 0 fully saturated rings. The normalized spacial score (nSPS) is 16.6. The van der Waals surface area contributed by atoms with Crippen molar-refractivity contribution in [2.75, 3.05) is 0 Å². The molecule has 1 aromatic carbocycles. The van der Waals surface area contributed by atoms with E-state index >= 15 is 0 Å². The number of hydrogen-bond donors (Lipinski definition) is 2. The molecule has 0 amide bonds. The average Bonchev–Trinajstić information content (AvgIpc) is 2.16. The van der Waals surface area contributed by atoms with Crippen molar-refractivity contribution in [3.8, 4) is 5.75 Å². The van der Waals surface area contributed by atoms with Crippen molar-refractivity contribution in [3.63, 3.8) is 0 Å². The Balaban J connectivity index is 2.81. The summed E-state index contributed by atoms with van der Waals surface area (Å²) >= 11 is 0. The van der Waals surface area contributed by atoms with Crippen molar-refractivity contribution in [2.24, 2.45) is 0 Å². The second-order valence-corrected chi connectivity index (χ2v) is 3.92. The van der Waals surface area contributed by atoms with Gasteiger partial charge < -0.3 is 14.9 Å². The number of benzene rings is 1. The lowest BCUT2D eigenvalue weighted by Crippen LogP contribution is -2.25. The summed E-state index contributed by atoms with van der Waals surface area (Å²) in [6.07, 6.45) is -1.88. The first-order valence-corrected chi connectivity index (χ1v) is 5.24. The zero-order chi connectivity index (χ0) is 12.3. The molecule has 0 spiro atoms. The van der Waals surface area contributed by atoms with Crippen molar-refractivity contribution in [2.45, 2.75) is 39.1 Å². The SMILES string of the molecule is CC(O)C(C)Oc1ccc([C@H](C)O)c(F)c1. The van der Waals surface area contributed by atoms with Crippen LogP contribution in [0, 0.1) is 5.82 Å². The topological polar surface area (TPSA) is 49.7 Å². The van der Waals surface area contributed by atoms with Crippen LogP contribution in [0.1, 0.15) is 32.4 Å². The third-order valence-electron chi connectivity index (χ3n) is 2.42. The molecule has 0 aliphatic rings. The third-order valence-corrected chi connectivity index (χ3v) is 2.42. The molecule has 0 bridgehead atoms. The molecule has 1 aromatic rings. The predicted octanol–water partition coefficient (Wildman–Crippen LogP) is 2.03. The average molecular weight is 228 g/mol. The van der Waals surface area contributed by atoms with Gasteiger partial charge in [-0.05, 0) is 32.9 Å². The fourth-order valence-corrected chi connectivity index (χ4v) is 1.23. The van der Waals surface area contributed by atoms with Crippen LogP contribution < -0.4 is 4.74 Å². The Kier molecular flexibility index (Phi) is 4.26. The van der Waals surface area contributed by atoms with E-state index in [1.165, 1.54) is 19.1 Å². The molecule has 0 saturated carbocycles. The maximum atomic E-state index is 13.4. The van der Waals surface area contributed by atoms with E-state index in [9.17, 15) is 14.6 Å². The fraction of sp³-hybridized carbons (Fsp3) is 0.500. The van der Waals surface area contributed by atoms with Crippen molar-refractivity contribution in [3.05, 3.63) is 29.6 Å². The van der Waals surface area contributed by atoms with Crippen LogP contribution in [-0.4, -0.2) is 22.4 Å². The summed E-state index contributed by atoms with van der Waals surface area (Å²) in [4.78, 5) is 0. The smallest absolute Gasteiger partial charge is 0.132 e. The van der Waals surface area contributed by atoms with Crippen LogP contribution in [0.4, 0.5) is 4.39 Å². The standard InChI is InChI=1S/C12H17FO3/c1-7(14)9(3)16-10-4-5-11(8(2)15)12(13)6-10/h4-9,14-15H,1-3H3/t7?,8-,9?/m0/s1. The largest absolute Gasteiger partial charge is 0.488 e. The number of halogens is 1. The molecule has 0 saturated heterocycles. The van der Waals surface area contributed by atoms with E-state index < -0.39 is 24.1 Å². The minimum absolute atomic E-state index is 0.233. The van der Waals surface area contributed by atoms with E-state index in [0.717, 1.165) is 0 Å². The fourth-order valence-electron chi connectivity index (χ4n) is 1.23. The van der Waals surface area contributed by atoms with Crippen molar-refractivity contribution < 1.29 is 19.3 Å². The first-order valence-electron chi connectivity index (χ1n) is 5.24. The van der Waals surface area contributed by atoms with Crippen LogP contribution in [0.25, 0.3) is 0 Å². The van der Waals surface area contributed by atoms with Gasteiger partial charge in [-0.1, -0.05) is 0 Å². The molecule has 0 aliphatic heterocycles. The van der Waals surface area contributed by atoms with E-state index in [0.29, 0.717) is 5.75 Å². The number of aliphatic hydroxyl groups excluding tert-OH is 2. The van der Waals surface area contributed by atoms with Gasteiger partial charge in [-0.15, -0.1) is 0 Å². The molecule has 4 heteroatoms. The number of ether oxygens (including phenoxy) is 1. The van der Waals surface area contributed by atoms with Crippen LogP contribution in [0.3, 0.4) is 0 Å². The van der Waals surface area contributed by atoms with Gasteiger partial charge in [0.05, 0.1) is 12.2 Å². The summed E-state index contributed by atoms with van der Waals surface area (Å²) in [7, 11) is 0. The van der Waals surface area contributed by atoms with E-state index in [-0.39, 0.29) is 5.56 Å². The van der Waals surface area contributed by atoms with Crippen molar-refractivity contribution in [1.82, 2.24) is 0 Å². The van der Waals surface area contributed by atoms with E-state index in [1.54, 1.807) is 19.9 Å². The summed E-state index contributed by atoms with van der Waals surface area (Å²) in [5.74, 6) is -0.166. The summed E-state index contributed by atoms with van der Waals surface area (Å²) in [5.41, 5.74) is 0.233. The monoisotopic (exact) mass is 228 g/mol. The maximum Gasteiger partial charge on any atom is 0.132 e. The minimum atomic E-state index is -0.844. The van der Waals surface area contributed by atoms with Crippen molar-refractivity contribution >= 4 is 0 Å². The highest BCUT2D eigenvalue weighted by atomic mass is 19.1. The van der Waals surface area contributed by atoms with Gasteiger partial charge in [0, 0.05) is 11.6 Å². The Hall–Kier alpha value is -1.13. The molecule has 0 aromatic heterocycles. The second-order valence-electron chi connectivity index (χ2n) is 3.92. The molecule has 2 N–H and O–H groups in total. The third kappa shape index (κ3) is 3.18. The van der Waals surface area contributed by atoms with Gasteiger partial charge in [0.2, 0.25) is 0 Å². The molecule has 2 unspecified atom stereocenters. The van der Waals surface area contributed by atoms with Crippen molar-refractivity contribution in [1.29, 1.82) is 0 Å². The van der Waals surface area contributed by atoms with Gasteiger partial charge in [-0.25, -0.2) is 4.39 Å². The summed E-state index contributed by atoms with van der Waals surface area (Å²) in [6, 6.07) is 4.26. The molecular weight excluding hydrogens is 211 g/mol. The molecule has 1 rings (SSSR count). The molecule has 0 aliphatic carbocycles. The Labute approximate surface area is 94.5 Å². The van der Waals surface area contributed by atoms with Gasteiger partial charge >= 0.3 is 0 Å². The van der Waals surface area contributed by atoms with Crippen LogP contribution in [0.15, 0.2) is 18.2 Å². The van der Waals surface area contributed by atoms with Gasteiger partial charge in [0.1, 0.15) is 17.7 Å². The Bertz CT molecular complexity index is 350. The maximum absolute atomic E-state index is 13.4. The van der Waals surface area contributed by atoms with E-state index in [2.05, 4.69) is 0 Å². The van der Waals surface area contributed by atoms with Crippen LogP contribution in [0.2, 0.25) is 0 Å². The highest BCUT2D eigenvalue weighted by Gasteiger charge is 2.13. The Morgan fingerprint density at radius 2 is 1.81 bits per heavy atom. The zero-order valence-corrected chi connectivity index (χ0v) is 9.64. The Morgan fingerprint density at radius 1 is 1.19 bits per heavy atom. The first-order chi connectivity index (χ1) is 7.41. The summed E-state index contributed by atoms with van der Waals surface area (Å²) in [6.45, 7) is 4.80. The molecule has 16 heavy (non-hydrogen) atoms. The lowest BCUT2D eigenvalue weighted by molar-refractivity contribution is 0.0601. The predicted molar refractivity (Wildman–Crippen MR) is 58.8 cm³/mol. The molecule has 90 valence electrons. The quantitative estimate of drug-likeness (QED) is 0.829. The number of rotatable bonds is 4. The van der Waals surface area contributed by atoms with Crippen LogP contribution >= 0.6 is 0 Å². The van der Waals surface area contributed by atoms with Gasteiger partial charge in [0.15, 0.2) is 0 Å². The van der Waals surface area contributed by atoms with Gasteiger partial charge in [0.25, 0.3) is 0 Å². The molecule has 0 heterocycles. The van der Waals surface area contributed by atoms with E-state index in [1.807, 2.05) is 0 Å². The second kappa shape index (κ2) is 5.27. The van der Waals surface area contributed by atoms with Crippen LogP contribution in [0.5, 0.6) is 5.75 Å². The number of hydrogen-bond acceptors (Lipinski definition) is 3. The van der Waals surface area contributed by atoms with Gasteiger partial charge in [-0.3, -0.25) is 0 Å². The Morgan fingerprint density at radius 3 is 2.25 bits per heavy atom. The minimum Gasteiger partial charge on any atom is -0.488 e. The molecule has 3 nitrogen and oxygen atoms in total. The first kappa shape index (κ1) is 12.9. The van der Waals surface area contributed by atoms with E-state index in [4.69, 9.17) is 4.74 Å². The summed E-state index contributed by atoms with van der Waals surface area (Å²) in [5, 5.41) is 18.5. The highest BCUT2D eigenvalue weighted by Crippen LogP contribution is 2.22. The molecule has 3 atom stereocenters. The van der Waals surface area contributed by atoms with Crippen LogP contribution in [-0.2, 0) is 0 Å². The summed E-state index contributed by atoms with van der Waals surface area (Å²) < 4.78 is 18.8. The molecule has 0 radical (unpaired) electrons. The number of aliphatic hydroxyl groups is 2. The molecular formula is C12H17FO3. The highest BCUT2D eigenvalue weighted by molar-refractivity contribution is 5.30. The van der Waals surface area contributed by atoms with Gasteiger partial charge in [-0.2, -0.15) is 0 Å². The lowest BCUT2D eigenvalue weighted by Gasteiger charge is -2.17. The lowest BCUT2D eigenvalue weighted by atomic mass is 10.1.